The summed E-state index contributed by atoms with van der Waals surface area (Å²) < 4.78 is 5.53. The molecule has 1 unspecified atom stereocenters. The van der Waals surface area contributed by atoms with Gasteiger partial charge in [0.25, 0.3) is 0 Å². The highest BCUT2D eigenvalue weighted by atomic mass is 16.5. The summed E-state index contributed by atoms with van der Waals surface area (Å²) in [6.07, 6.45) is 7.14. The van der Waals surface area contributed by atoms with E-state index in [-0.39, 0.29) is 17.6 Å². The zero-order valence-electron chi connectivity index (χ0n) is 10.8. The van der Waals surface area contributed by atoms with Gasteiger partial charge in [0, 0.05) is 26.2 Å². The normalized spacial score (nSPS) is 27.6. The zero-order valence-corrected chi connectivity index (χ0v) is 10.8. The predicted molar refractivity (Wildman–Crippen MR) is 66.6 cm³/mol. The van der Waals surface area contributed by atoms with Crippen LogP contribution in [0.4, 0.5) is 0 Å². The molecule has 1 saturated carbocycles. The molecule has 0 bridgehead atoms. The molecule has 0 spiro atoms. The number of piperidine rings is 1. The highest BCUT2D eigenvalue weighted by molar-refractivity contribution is 5.78. The van der Waals surface area contributed by atoms with Gasteiger partial charge in [-0.05, 0) is 38.5 Å². The van der Waals surface area contributed by atoms with Crippen molar-refractivity contribution in [3.63, 3.8) is 0 Å². The van der Waals surface area contributed by atoms with Crippen LogP contribution < -0.4 is 5.73 Å². The first-order valence-electron chi connectivity index (χ1n) is 6.75. The van der Waals surface area contributed by atoms with Crippen LogP contribution in [-0.4, -0.2) is 42.6 Å². The number of amides is 1. The first-order chi connectivity index (χ1) is 8.21. The number of likely N-dealkylation sites (tertiary alicyclic amines) is 1. The highest BCUT2D eigenvalue weighted by Crippen LogP contribution is 2.38. The second-order valence-electron chi connectivity index (χ2n) is 5.39. The number of nitrogens with two attached hydrogens (primary N) is 1. The van der Waals surface area contributed by atoms with E-state index in [4.69, 9.17) is 10.5 Å². The summed E-state index contributed by atoms with van der Waals surface area (Å²) in [5.74, 6) is 0.238. The Morgan fingerprint density at radius 1 is 1.41 bits per heavy atom. The Hall–Kier alpha value is -0.610. The molecule has 1 atom stereocenters. The van der Waals surface area contributed by atoms with Crippen LogP contribution in [-0.2, 0) is 9.53 Å². The summed E-state index contributed by atoms with van der Waals surface area (Å²) in [6, 6.07) is 0.255. The minimum absolute atomic E-state index is 0.159. The van der Waals surface area contributed by atoms with Gasteiger partial charge in [0.1, 0.15) is 0 Å². The number of carbonyl (C=O) groups is 1. The van der Waals surface area contributed by atoms with Gasteiger partial charge >= 0.3 is 0 Å². The lowest BCUT2D eigenvalue weighted by Crippen LogP contribution is -2.51. The van der Waals surface area contributed by atoms with Crippen LogP contribution in [0.2, 0.25) is 0 Å². The molecule has 1 aliphatic heterocycles. The average molecular weight is 240 g/mol. The van der Waals surface area contributed by atoms with Crippen molar-refractivity contribution in [2.24, 2.45) is 5.73 Å². The maximum atomic E-state index is 12.3. The van der Waals surface area contributed by atoms with Crippen molar-refractivity contribution in [1.29, 1.82) is 0 Å². The third-order valence-electron chi connectivity index (χ3n) is 4.39. The van der Waals surface area contributed by atoms with Crippen LogP contribution in [0.1, 0.15) is 44.9 Å². The van der Waals surface area contributed by atoms with E-state index in [1.807, 2.05) is 4.90 Å². The number of methoxy groups -OCH3 is 1. The third-order valence-corrected chi connectivity index (χ3v) is 4.39. The quantitative estimate of drug-likeness (QED) is 0.805. The van der Waals surface area contributed by atoms with E-state index in [0.29, 0.717) is 13.0 Å². The minimum Gasteiger partial charge on any atom is -0.378 e. The molecule has 1 aliphatic carbocycles. The molecule has 0 aromatic carbocycles. The van der Waals surface area contributed by atoms with Gasteiger partial charge in [-0.1, -0.05) is 0 Å². The van der Waals surface area contributed by atoms with E-state index in [0.717, 1.165) is 32.2 Å². The van der Waals surface area contributed by atoms with Crippen LogP contribution in [0, 0.1) is 0 Å². The van der Waals surface area contributed by atoms with Gasteiger partial charge in [-0.2, -0.15) is 0 Å². The molecule has 0 aromatic heterocycles. The van der Waals surface area contributed by atoms with Crippen molar-refractivity contribution >= 4 is 5.91 Å². The molecular formula is C13H24N2O2. The molecule has 17 heavy (non-hydrogen) atoms. The predicted octanol–water partition coefficient (Wildman–Crippen LogP) is 1.29. The SMILES string of the molecule is COC1(CC(=O)N2CCCCC2CN)CCC1. The molecule has 4 nitrogen and oxygen atoms in total. The number of hydrogen-bond acceptors (Lipinski definition) is 3. The fraction of sp³-hybridized carbons (Fsp3) is 0.923. The second-order valence-corrected chi connectivity index (χ2v) is 5.39. The first kappa shape index (κ1) is 12.8. The lowest BCUT2D eigenvalue weighted by atomic mass is 9.77. The number of rotatable bonds is 4. The molecule has 98 valence electrons. The van der Waals surface area contributed by atoms with Crippen LogP contribution in [0.5, 0.6) is 0 Å². The largest absolute Gasteiger partial charge is 0.378 e. The number of nitrogens with zero attached hydrogens (tertiary/aromatic N) is 1. The summed E-state index contributed by atoms with van der Waals surface area (Å²) >= 11 is 0. The fourth-order valence-corrected chi connectivity index (χ4v) is 2.98. The summed E-state index contributed by atoms with van der Waals surface area (Å²) in [5.41, 5.74) is 5.59. The van der Waals surface area contributed by atoms with Gasteiger partial charge in [0.2, 0.25) is 5.91 Å². The van der Waals surface area contributed by atoms with Gasteiger partial charge in [-0.15, -0.1) is 0 Å². The minimum atomic E-state index is -0.159. The molecule has 2 rings (SSSR count). The Morgan fingerprint density at radius 2 is 2.18 bits per heavy atom. The van der Waals surface area contributed by atoms with Gasteiger partial charge in [0.05, 0.1) is 12.0 Å². The molecule has 0 radical (unpaired) electrons. The Bertz CT molecular complexity index is 271. The van der Waals surface area contributed by atoms with E-state index >= 15 is 0 Å². The maximum absolute atomic E-state index is 12.3. The van der Waals surface area contributed by atoms with Crippen molar-refractivity contribution in [3.05, 3.63) is 0 Å². The number of hydrogen-bond donors (Lipinski definition) is 1. The van der Waals surface area contributed by atoms with Crippen molar-refractivity contribution in [2.75, 3.05) is 20.2 Å². The third kappa shape index (κ3) is 2.63. The second kappa shape index (κ2) is 5.36. The van der Waals surface area contributed by atoms with Crippen LogP contribution in [0.3, 0.4) is 0 Å². The molecule has 1 saturated heterocycles. The van der Waals surface area contributed by atoms with E-state index in [1.165, 1.54) is 12.8 Å². The first-order valence-corrected chi connectivity index (χ1v) is 6.75. The van der Waals surface area contributed by atoms with Crippen molar-refractivity contribution < 1.29 is 9.53 Å². The Labute approximate surface area is 103 Å². The number of carbonyl (C=O) groups excluding carboxylic acids is 1. The molecule has 1 amide bonds. The van der Waals surface area contributed by atoms with Crippen molar-refractivity contribution in [1.82, 2.24) is 4.90 Å². The Kier molecular flexibility index (Phi) is 4.05. The Balaban J connectivity index is 1.93. The molecule has 2 N–H and O–H groups in total. The van der Waals surface area contributed by atoms with Crippen LogP contribution in [0.25, 0.3) is 0 Å². The highest BCUT2D eigenvalue weighted by Gasteiger charge is 2.41. The molecular weight excluding hydrogens is 216 g/mol. The standard InChI is InChI=1S/C13H24N2O2/c1-17-13(6-4-7-13)9-12(16)15-8-3-2-5-11(15)10-14/h11H,2-10,14H2,1H3. The topological polar surface area (TPSA) is 55.6 Å². The lowest BCUT2D eigenvalue weighted by molar-refractivity contribution is -0.147. The van der Waals surface area contributed by atoms with Crippen molar-refractivity contribution in [3.8, 4) is 0 Å². The average Bonchev–Trinajstić information content (AvgIpc) is 2.33. The van der Waals surface area contributed by atoms with E-state index < -0.39 is 0 Å². The Morgan fingerprint density at radius 3 is 2.71 bits per heavy atom. The van der Waals surface area contributed by atoms with Gasteiger partial charge < -0.3 is 15.4 Å². The van der Waals surface area contributed by atoms with Crippen LogP contribution in [0.15, 0.2) is 0 Å². The summed E-state index contributed by atoms with van der Waals surface area (Å²) in [7, 11) is 1.73. The van der Waals surface area contributed by atoms with E-state index in [2.05, 4.69) is 0 Å². The molecule has 2 aliphatic rings. The monoisotopic (exact) mass is 240 g/mol. The van der Waals surface area contributed by atoms with Crippen LogP contribution >= 0.6 is 0 Å². The lowest BCUT2D eigenvalue weighted by Gasteiger charge is -2.43. The molecule has 4 heteroatoms. The zero-order chi connectivity index (χ0) is 12.3. The molecule has 1 heterocycles. The van der Waals surface area contributed by atoms with Crippen molar-refractivity contribution in [2.45, 2.75) is 56.6 Å². The van der Waals surface area contributed by atoms with E-state index in [9.17, 15) is 4.79 Å². The smallest absolute Gasteiger partial charge is 0.225 e. The summed E-state index contributed by atoms with van der Waals surface area (Å²) in [6.45, 7) is 1.46. The fourth-order valence-electron chi connectivity index (χ4n) is 2.98. The van der Waals surface area contributed by atoms with Gasteiger partial charge in [0.15, 0.2) is 0 Å². The maximum Gasteiger partial charge on any atom is 0.225 e. The van der Waals surface area contributed by atoms with E-state index in [1.54, 1.807) is 7.11 Å². The summed E-state index contributed by atoms with van der Waals surface area (Å²) in [4.78, 5) is 14.3. The van der Waals surface area contributed by atoms with Gasteiger partial charge in [-0.3, -0.25) is 4.79 Å². The molecule has 0 aromatic rings. The molecule has 2 fully saturated rings. The van der Waals surface area contributed by atoms with Gasteiger partial charge in [-0.25, -0.2) is 0 Å². The number of ether oxygens (including phenoxy) is 1. The summed E-state index contributed by atoms with van der Waals surface area (Å²) in [5, 5.41) is 0.